The fourth-order valence-corrected chi connectivity index (χ4v) is 1.82. The van der Waals surface area contributed by atoms with E-state index in [-0.39, 0.29) is 6.10 Å². The number of hydrogen-bond donors (Lipinski definition) is 1. The zero-order chi connectivity index (χ0) is 9.84. The average Bonchev–Trinajstić information content (AvgIpc) is 2.51. The van der Waals surface area contributed by atoms with Gasteiger partial charge in [-0.15, -0.1) is 0 Å². The van der Waals surface area contributed by atoms with E-state index in [9.17, 15) is 4.39 Å². The van der Waals surface area contributed by atoms with Gasteiger partial charge in [0.15, 0.2) is 0 Å². The van der Waals surface area contributed by atoms with Crippen LogP contribution in [-0.4, -0.2) is 55.1 Å². The molecule has 0 spiro atoms. The number of nitrogens with zero attached hydrogens (tertiary/aromatic N) is 1. The molecular formula is C9H18FNO2. The van der Waals surface area contributed by atoms with Gasteiger partial charge in [0, 0.05) is 19.2 Å². The largest absolute Gasteiger partial charge is 0.389 e. The van der Waals surface area contributed by atoms with Crippen molar-refractivity contribution < 1.29 is 14.2 Å². The molecule has 1 aliphatic heterocycles. The lowest BCUT2D eigenvalue weighted by Gasteiger charge is -2.27. The van der Waals surface area contributed by atoms with Crippen LogP contribution in [-0.2, 0) is 4.74 Å². The van der Waals surface area contributed by atoms with E-state index < -0.39 is 12.8 Å². The van der Waals surface area contributed by atoms with Gasteiger partial charge in [0.25, 0.3) is 0 Å². The van der Waals surface area contributed by atoms with Crippen LogP contribution in [0.25, 0.3) is 0 Å². The maximum Gasteiger partial charge on any atom is 0.117 e. The Kier molecular flexibility index (Phi) is 4.09. The van der Waals surface area contributed by atoms with Crippen molar-refractivity contribution in [1.29, 1.82) is 0 Å². The predicted molar refractivity (Wildman–Crippen MR) is 48.4 cm³/mol. The Morgan fingerprint density at radius 1 is 1.69 bits per heavy atom. The molecule has 3 nitrogen and oxygen atoms in total. The topological polar surface area (TPSA) is 32.7 Å². The molecule has 0 saturated carbocycles. The molecule has 0 aromatic rings. The molecule has 0 bridgehead atoms. The SMILES string of the molecule is CC1OCCC1N(C)CC(O)CF. The van der Waals surface area contributed by atoms with Gasteiger partial charge in [-0.3, -0.25) is 4.90 Å². The summed E-state index contributed by atoms with van der Waals surface area (Å²) in [5, 5.41) is 9.12. The summed E-state index contributed by atoms with van der Waals surface area (Å²) in [6, 6.07) is 0.321. The van der Waals surface area contributed by atoms with Gasteiger partial charge in [0.2, 0.25) is 0 Å². The van der Waals surface area contributed by atoms with Gasteiger partial charge in [0.1, 0.15) is 6.67 Å². The summed E-state index contributed by atoms with van der Waals surface area (Å²) in [6.07, 6.45) is 0.297. The van der Waals surface area contributed by atoms with Crippen LogP contribution in [0.4, 0.5) is 4.39 Å². The van der Waals surface area contributed by atoms with Crippen molar-refractivity contribution in [3.05, 3.63) is 0 Å². The molecular weight excluding hydrogens is 173 g/mol. The molecule has 1 heterocycles. The first-order chi connectivity index (χ1) is 6.15. The maximum absolute atomic E-state index is 12.0. The van der Waals surface area contributed by atoms with Gasteiger partial charge in [-0.25, -0.2) is 4.39 Å². The molecule has 0 amide bonds. The summed E-state index contributed by atoms with van der Waals surface area (Å²) in [5.41, 5.74) is 0. The minimum atomic E-state index is -0.863. The summed E-state index contributed by atoms with van der Waals surface area (Å²) in [7, 11) is 1.90. The van der Waals surface area contributed by atoms with Crippen LogP contribution in [0.5, 0.6) is 0 Å². The predicted octanol–water partition coefficient (Wildman–Crippen LogP) is 0.426. The molecule has 1 aliphatic rings. The summed E-state index contributed by atoms with van der Waals surface area (Å²) < 4.78 is 17.4. The van der Waals surface area contributed by atoms with Gasteiger partial charge in [-0.2, -0.15) is 0 Å². The van der Waals surface area contributed by atoms with Crippen LogP contribution in [0.2, 0.25) is 0 Å². The quantitative estimate of drug-likeness (QED) is 0.699. The van der Waals surface area contributed by atoms with Crippen molar-refractivity contribution in [3.8, 4) is 0 Å². The monoisotopic (exact) mass is 191 g/mol. The van der Waals surface area contributed by atoms with Crippen LogP contribution >= 0.6 is 0 Å². The second-order valence-electron chi connectivity index (χ2n) is 3.68. The highest BCUT2D eigenvalue weighted by Gasteiger charge is 2.28. The number of ether oxygens (including phenoxy) is 1. The molecule has 0 aliphatic carbocycles. The third kappa shape index (κ3) is 2.90. The molecule has 0 aromatic heterocycles. The van der Waals surface area contributed by atoms with Crippen LogP contribution in [0, 0.1) is 0 Å². The standard InChI is InChI=1S/C9H18FNO2/c1-7-9(3-4-13-7)11(2)6-8(12)5-10/h7-9,12H,3-6H2,1-2H3. The molecule has 1 N–H and O–H groups in total. The number of halogens is 1. The third-order valence-electron chi connectivity index (χ3n) is 2.58. The lowest BCUT2D eigenvalue weighted by atomic mass is 10.1. The minimum Gasteiger partial charge on any atom is -0.389 e. The van der Waals surface area contributed by atoms with Crippen molar-refractivity contribution in [1.82, 2.24) is 4.90 Å². The lowest BCUT2D eigenvalue weighted by molar-refractivity contribution is 0.0500. The molecule has 13 heavy (non-hydrogen) atoms. The van der Waals surface area contributed by atoms with Crippen LogP contribution < -0.4 is 0 Å². The second kappa shape index (κ2) is 4.88. The fourth-order valence-electron chi connectivity index (χ4n) is 1.82. The Labute approximate surface area is 78.5 Å². The van der Waals surface area contributed by atoms with Crippen LogP contribution in [0.1, 0.15) is 13.3 Å². The highest BCUT2D eigenvalue weighted by atomic mass is 19.1. The van der Waals surface area contributed by atoms with E-state index in [1.807, 2.05) is 18.9 Å². The van der Waals surface area contributed by atoms with Crippen LogP contribution in [0.15, 0.2) is 0 Å². The smallest absolute Gasteiger partial charge is 0.117 e. The molecule has 1 fully saturated rings. The Balaban J connectivity index is 2.33. The maximum atomic E-state index is 12.0. The summed E-state index contributed by atoms with van der Waals surface area (Å²) in [4.78, 5) is 1.97. The first-order valence-corrected chi connectivity index (χ1v) is 4.71. The number of aliphatic hydroxyl groups is 1. The molecule has 1 rings (SSSR count). The zero-order valence-electron chi connectivity index (χ0n) is 8.24. The number of aliphatic hydroxyl groups excluding tert-OH is 1. The van der Waals surface area contributed by atoms with E-state index in [0.717, 1.165) is 13.0 Å². The first-order valence-electron chi connectivity index (χ1n) is 4.71. The second-order valence-corrected chi connectivity index (χ2v) is 3.68. The van der Waals surface area contributed by atoms with Crippen molar-refractivity contribution in [2.45, 2.75) is 31.6 Å². The zero-order valence-corrected chi connectivity index (χ0v) is 8.24. The van der Waals surface area contributed by atoms with Crippen LogP contribution in [0.3, 0.4) is 0 Å². The Bertz CT molecular complexity index is 157. The van der Waals surface area contributed by atoms with Gasteiger partial charge < -0.3 is 9.84 Å². The van der Waals surface area contributed by atoms with Crippen molar-refractivity contribution >= 4 is 0 Å². The highest BCUT2D eigenvalue weighted by molar-refractivity contribution is 4.81. The van der Waals surface area contributed by atoms with Gasteiger partial charge in [0.05, 0.1) is 12.2 Å². The third-order valence-corrected chi connectivity index (χ3v) is 2.58. The summed E-state index contributed by atoms with van der Waals surface area (Å²) >= 11 is 0. The van der Waals surface area contributed by atoms with Crippen molar-refractivity contribution in [3.63, 3.8) is 0 Å². The van der Waals surface area contributed by atoms with E-state index in [4.69, 9.17) is 9.84 Å². The first kappa shape index (κ1) is 10.9. The summed E-state index contributed by atoms with van der Waals surface area (Å²) in [5.74, 6) is 0. The molecule has 1 saturated heterocycles. The summed E-state index contributed by atoms with van der Waals surface area (Å²) in [6.45, 7) is 2.49. The fraction of sp³-hybridized carbons (Fsp3) is 1.00. The number of alkyl halides is 1. The lowest BCUT2D eigenvalue weighted by Crippen LogP contribution is -2.41. The van der Waals surface area contributed by atoms with Crippen molar-refractivity contribution in [2.24, 2.45) is 0 Å². The molecule has 4 heteroatoms. The minimum absolute atomic E-state index is 0.191. The van der Waals surface area contributed by atoms with E-state index in [0.29, 0.717) is 12.6 Å². The van der Waals surface area contributed by atoms with Gasteiger partial charge in [-0.05, 0) is 20.4 Å². The number of likely N-dealkylation sites (N-methyl/N-ethyl adjacent to an activating group) is 1. The van der Waals surface area contributed by atoms with Crippen molar-refractivity contribution in [2.75, 3.05) is 26.9 Å². The molecule has 0 aromatic carbocycles. The van der Waals surface area contributed by atoms with Gasteiger partial charge in [-0.1, -0.05) is 0 Å². The molecule has 3 unspecified atom stereocenters. The molecule has 3 atom stereocenters. The Morgan fingerprint density at radius 2 is 2.38 bits per heavy atom. The Morgan fingerprint density at radius 3 is 2.85 bits per heavy atom. The molecule has 78 valence electrons. The highest BCUT2D eigenvalue weighted by Crippen LogP contribution is 2.18. The van der Waals surface area contributed by atoms with E-state index >= 15 is 0 Å². The molecule has 0 radical (unpaired) electrons. The van der Waals surface area contributed by atoms with Gasteiger partial charge >= 0.3 is 0 Å². The van der Waals surface area contributed by atoms with E-state index in [1.54, 1.807) is 0 Å². The number of rotatable bonds is 4. The Hall–Kier alpha value is -0.190. The normalized spacial score (nSPS) is 31.2. The van der Waals surface area contributed by atoms with E-state index in [2.05, 4.69) is 0 Å². The average molecular weight is 191 g/mol. The number of hydrogen-bond acceptors (Lipinski definition) is 3. The van der Waals surface area contributed by atoms with E-state index in [1.165, 1.54) is 0 Å².